The maximum Gasteiger partial charge on any atom is 0.315 e. The van der Waals surface area contributed by atoms with E-state index in [4.69, 9.17) is 56.8 Å². The summed E-state index contributed by atoms with van der Waals surface area (Å²) in [5, 5.41) is 184. The standard InChI is InChI=1S/C65H106O30/c1-25-36(69)40(73)45(78)54(86-25)93-51-31(22-67)89-53(49(82)44(51)77)85-24-32-39(72)43(76)48(81)57(90-32)95-59(83)65-18-16-60(3,4)20-28(65)27-10-11-34-62(7)14-13-35(61(5,6)33(62)12-15-64(34,9)63(27,8)17-19-65)91-58-52(94-55-46(79)41(74)37(70)26(2)87-55)50(29(68)23-84-58)92-56-47(80)42(75)38(71)30(21-66)88-56/h10,25-26,28-58,66-82H,11-24H2,1-9H3/t25-,26-,28-,29+,30+,31+,32+,33-,34+,35-,36-,37-,38-,39+,40+,41+,42-,43-,44+,45+,46+,47+,48+,49+,50+,51+,52-,53+,54-,55-,56-,57-,58+,62-,63+,64+,65-/m0/s1. The molecule has 95 heavy (non-hydrogen) atoms. The van der Waals surface area contributed by atoms with Crippen LogP contribution in [0.25, 0.3) is 0 Å². The summed E-state index contributed by atoms with van der Waals surface area (Å²) in [7, 11) is 0. The van der Waals surface area contributed by atoms with E-state index in [9.17, 15) is 86.8 Å². The zero-order valence-corrected chi connectivity index (χ0v) is 55.4. The number of hydrogen-bond donors (Lipinski definition) is 17. The molecule has 17 N–H and O–H groups in total. The predicted molar refractivity (Wildman–Crippen MR) is 319 cm³/mol. The quantitative estimate of drug-likeness (QED) is 0.0426. The highest BCUT2D eigenvalue weighted by molar-refractivity contribution is 5.79. The van der Waals surface area contributed by atoms with Gasteiger partial charge in [0.2, 0.25) is 6.29 Å². The lowest BCUT2D eigenvalue weighted by Crippen LogP contribution is -2.67. The van der Waals surface area contributed by atoms with E-state index >= 15 is 4.79 Å². The first-order chi connectivity index (χ1) is 44.5. The largest absolute Gasteiger partial charge is 0.432 e. The van der Waals surface area contributed by atoms with Gasteiger partial charge in [0, 0.05) is 0 Å². The van der Waals surface area contributed by atoms with Crippen molar-refractivity contribution in [1.82, 2.24) is 0 Å². The van der Waals surface area contributed by atoms with Crippen molar-refractivity contribution in [2.75, 3.05) is 26.4 Å². The smallest absolute Gasteiger partial charge is 0.315 e. The number of esters is 1. The summed E-state index contributed by atoms with van der Waals surface area (Å²) < 4.78 is 72.5. The van der Waals surface area contributed by atoms with Crippen LogP contribution in [0.4, 0.5) is 0 Å². The molecule has 6 saturated heterocycles. The number of ether oxygens (including phenoxy) is 12. The Labute approximate surface area is 551 Å². The lowest BCUT2D eigenvalue weighted by atomic mass is 9.33. The Hall–Kier alpha value is -1.91. The summed E-state index contributed by atoms with van der Waals surface area (Å²) in [6, 6.07) is 0. The van der Waals surface area contributed by atoms with E-state index < -0.39 is 226 Å². The molecule has 37 atom stereocenters. The molecule has 4 saturated carbocycles. The molecule has 6 aliphatic heterocycles. The number of carbonyl (C=O) groups excluding carboxylic acids is 1. The van der Waals surface area contributed by atoms with Crippen LogP contribution in [0, 0.1) is 50.2 Å². The van der Waals surface area contributed by atoms with E-state index in [0.29, 0.717) is 51.4 Å². The van der Waals surface area contributed by atoms with Gasteiger partial charge in [0.25, 0.3) is 0 Å². The summed E-state index contributed by atoms with van der Waals surface area (Å²) in [6.45, 7) is 16.1. The van der Waals surface area contributed by atoms with Crippen molar-refractivity contribution < 1.29 is 148 Å². The van der Waals surface area contributed by atoms with Crippen LogP contribution >= 0.6 is 0 Å². The average molecular weight is 1370 g/mol. The van der Waals surface area contributed by atoms with E-state index in [1.165, 1.54) is 19.4 Å². The second-order valence-electron chi connectivity index (χ2n) is 31.4. The van der Waals surface area contributed by atoms with Crippen LogP contribution in [0.5, 0.6) is 0 Å². The highest BCUT2D eigenvalue weighted by Gasteiger charge is 2.71. The van der Waals surface area contributed by atoms with Crippen LogP contribution in [-0.2, 0) is 61.6 Å². The summed E-state index contributed by atoms with van der Waals surface area (Å²) >= 11 is 0. The van der Waals surface area contributed by atoms with E-state index in [0.717, 1.165) is 12.8 Å². The molecule has 11 rings (SSSR count). The second-order valence-corrected chi connectivity index (χ2v) is 31.4. The Kier molecular flexibility index (Phi) is 21.7. The van der Waals surface area contributed by atoms with Crippen molar-refractivity contribution in [3.05, 3.63) is 11.6 Å². The summed E-state index contributed by atoms with van der Waals surface area (Å²) in [5.74, 6) is -0.729. The molecule has 0 unspecified atom stereocenters. The van der Waals surface area contributed by atoms with Crippen LogP contribution < -0.4 is 0 Å². The Balaban J connectivity index is 0.789. The molecule has 10 fully saturated rings. The van der Waals surface area contributed by atoms with Gasteiger partial charge in [0.1, 0.15) is 128 Å². The van der Waals surface area contributed by atoms with Crippen LogP contribution in [0.3, 0.4) is 0 Å². The van der Waals surface area contributed by atoms with Gasteiger partial charge in [0.15, 0.2) is 31.5 Å². The van der Waals surface area contributed by atoms with Gasteiger partial charge in [-0.15, -0.1) is 0 Å². The molecule has 0 aromatic heterocycles. The van der Waals surface area contributed by atoms with Gasteiger partial charge < -0.3 is 144 Å². The predicted octanol–water partition coefficient (Wildman–Crippen LogP) is -3.69. The number of hydrogen-bond acceptors (Lipinski definition) is 30. The molecular formula is C65H106O30. The Morgan fingerprint density at radius 1 is 0.495 bits per heavy atom. The van der Waals surface area contributed by atoms with E-state index in [1.54, 1.807) is 0 Å². The molecule has 0 spiro atoms. The van der Waals surface area contributed by atoms with Crippen molar-refractivity contribution in [2.45, 2.75) is 311 Å². The number of allylic oxidation sites excluding steroid dienone is 2. The minimum Gasteiger partial charge on any atom is -0.432 e. The number of fused-ring (bicyclic) bond motifs is 7. The monoisotopic (exact) mass is 1370 g/mol. The number of aliphatic hydroxyl groups excluding tert-OH is 17. The molecule has 30 nitrogen and oxygen atoms in total. The lowest BCUT2D eigenvalue weighted by Gasteiger charge is -2.71. The Bertz CT molecular complexity index is 2670. The van der Waals surface area contributed by atoms with Gasteiger partial charge in [-0.3, -0.25) is 4.79 Å². The van der Waals surface area contributed by atoms with Crippen LogP contribution in [-0.4, -0.2) is 303 Å². The van der Waals surface area contributed by atoms with Crippen molar-refractivity contribution in [1.29, 1.82) is 0 Å². The molecule has 0 aromatic rings. The number of aliphatic hydroxyl groups is 17. The van der Waals surface area contributed by atoms with Crippen LogP contribution in [0.1, 0.15) is 127 Å². The minimum atomic E-state index is -1.92. The molecule has 0 amide bonds. The molecule has 6 heterocycles. The fourth-order valence-corrected chi connectivity index (χ4v) is 19.0. The molecular weight excluding hydrogens is 1260 g/mol. The first kappa shape index (κ1) is 74.3. The topological polar surface area (TPSA) is 472 Å². The lowest BCUT2D eigenvalue weighted by molar-refractivity contribution is -0.388. The zero-order chi connectivity index (χ0) is 69.3. The minimum absolute atomic E-state index is 0.0592. The van der Waals surface area contributed by atoms with Crippen molar-refractivity contribution >= 4 is 5.97 Å². The third-order valence-electron chi connectivity index (χ3n) is 25.2. The van der Waals surface area contributed by atoms with E-state index in [-0.39, 0.29) is 40.6 Å². The van der Waals surface area contributed by atoms with Crippen molar-refractivity contribution in [3.63, 3.8) is 0 Å². The maximum absolute atomic E-state index is 15.3. The molecule has 30 heteroatoms. The zero-order valence-electron chi connectivity index (χ0n) is 55.4. The molecule has 5 aliphatic carbocycles. The summed E-state index contributed by atoms with van der Waals surface area (Å²) in [4.78, 5) is 15.3. The highest BCUT2D eigenvalue weighted by atomic mass is 16.8. The second kappa shape index (κ2) is 27.7. The normalized spacial score (nSPS) is 54.6. The Morgan fingerprint density at radius 2 is 1.01 bits per heavy atom. The van der Waals surface area contributed by atoms with Gasteiger partial charge in [-0.1, -0.05) is 60.1 Å². The van der Waals surface area contributed by atoms with E-state index in [1.807, 2.05) is 0 Å². The first-order valence-corrected chi connectivity index (χ1v) is 34.0. The summed E-state index contributed by atoms with van der Waals surface area (Å²) in [5.41, 5.74) is -1.64. The molecule has 546 valence electrons. The number of carbonyl (C=O) groups is 1. The molecule has 0 bridgehead atoms. The van der Waals surface area contributed by atoms with Gasteiger partial charge in [0.05, 0.1) is 50.2 Å². The number of rotatable bonds is 15. The third kappa shape index (κ3) is 12.9. The van der Waals surface area contributed by atoms with E-state index in [2.05, 4.69) is 54.5 Å². The third-order valence-corrected chi connectivity index (χ3v) is 25.2. The van der Waals surface area contributed by atoms with Crippen molar-refractivity contribution in [3.8, 4) is 0 Å². The van der Waals surface area contributed by atoms with Crippen LogP contribution in [0.2, 0.25) is 0 Å². The molecule has 0 radical (unpaired) electrons. The van der Waals surface area contributed by atoms with Crippen molar-refractivity contribution in [2.24, 2.45) is 50.2 Å². The van der Waals surface area contributed by atoms with Gasteiger partial charge >= 0.3 is 5.97 Å². The molecule has 11 aliphatic rings. The van der Waals surface area contributed by atoms with Crippen LogP contribution in [0.15, 0.2) is 11.6 Å². The highest BCUT2D eigenvalue weighted by Crippen LogP contribution is 2.76. The van der Waals surface area contributed by atoms with Gasteiger partial charge in [-0.25, -0.2) is 0 Å². The Morgan fingerprint density at radius 3 is 1.62 bits per heavy atom. The average Bonchev–Trinajstić information content (AvgIpc) is 0.676. The first-order valence-electron chi connectivity index (χ1n) is 34.0. The van der Waals surface area contributed by atoms with Gasteiger partial charge in [-0.05, 0) is 123 Å². The van der Waals surface area contributed by atoms with Gasteiger partial charge in [-0.2, -0.15) is 0 Å². The SMILES string of the molecule is C[C@@H]1O[C@@H](O[C@@H]2[C@@H](O[C@H]3CC[C@]4(C)[C@H]5CC=C6[C@@H]7CC(C)(C)CC[C@]7(C(=O)O[C@@H]7O[C@H](CO[C@@H]8O[C@H](CO)[C@@H](O[C@@H]9O[C@@H](C)[C@H](O)[C@@H](O)[C@H]9O)[C@H](O)[C@H]8O)[C@@H](O)[C@H](O)[C@H]7O)CC[C@@]6(C)[C@]5(C)CC[C@H]4C3(C)C)OC[C@@H](O)[C@H]2O[C@@H]2O[C@H](CO)[C@H](O)[C@H](O)[C@H]2O)[C@H](O)[C@H](O)[C@H]1O. The fourth-order valence-electron chi connectivity index (χ4n) is 19.0. The molecule has 0 aromatic carbocycles. The maximum atomic E-state index is 15.3. The fraction of sp³-hybridized carbons (Fsp3) is 0.954. The summed E-state index contributed by atoms with van der Waals surface area (Å²) in [6.07, 6.45) is -38.8.